The number of hydrazine groups is 1. The maximum atomic E-state index is 13.3. The minimum atomic E-state index is -0.650. The topological polar surface area (TPSA) is 40.6 Å². The van der Waals surface area contributed by atoms with E-state index in [1.807, 2.05) is 33.8 Å². The van der Waals surface area contributed by atoms with Crippen molar-refractivity contribution in [2.45, 2.75) is 33.2 Å². The zero-order valence-corrected chi connectivity index (χ0v) is 16.8. The minimum Gasteiger partial charge on any atom is -0.267 e. The van der Waals surface area contributed by atoms with Crippen molar-refractivity contribution >= 4 is 35.0 Å². The van der Waals surface area contributed by atoms with Crippen LogP contribution in [0.25, 0.3) is 0 Å². The molecule has 6 heteroatoms. The predicted molar refractivity (Wildman–Crippen MR) is 106 cm³/mol. The van der Waals surface area contributed by atoms with Gasteiger partial charge in [0.05, 0.1) is 21.1 Å². The van der Waals surface area contributed by atoms with Crippen molar-refractivity contribution in [3.63, 3.8) is 0 Å². The number of amides is 2. The Hall–Kier alpha value is -2.04. The van der Waals surface area contributed by atoms with Crippen LogP contribution >= 0.6 is 23.2 Å². The van der Waals surface area contributed by atoms with Gasteiger partial charge in [0.25, 0.3) is 11.8 Å². The Morgan fingerprint density at radius 3 is 2.08 bits per heavy atom. The molecule has 0 aliphatic rings. The number of hydrogen-bond acceptors (Lipinski definition) is 2. The molecule has 0 fully saturated rings. The lowest BCUT2D eigenvalue weighted by Gasteiger charge is -2.43. The van der Waals surface area contributed by atoms with Gasteiger partial charge in [0, 0.05) is 12.1 Å². The van der Waals surface area contributed by atoms with Crippen molar-refractivity contribution in [1.82, 2.24) is 10.0 Å². The highest BCUT2D eigenvalue weighted by molar-refractivity contribution is 6.43. The summed E-state index contributed by atoms with van der Waals surface area (Å²) in [7, 11) is 0. The summed E-state index contributed by atoms with van der Waals surface area (Å²) in [6.45, 7) is 7.75. The van der Waals surface area contributed by atoms with Crippen LogP contribution in [0.4, 0.5) is 0 Å². The number of rotatable bonds is 3. The molecular formula is C20H22Cl2N2O2. The fourth-order valence-corrected chi connectivity index (χ4v) is 3.05. The van der Waals surface area contributed by atoms with Crippen LogP contribution in [0, 0.1) is 0 Å². The quantitative estimate of drug-likeness (QED) is 0.663. The summed E-state index contributed by atoms with van der Waals surface area (Å²) in [6.07, 6.45) is 0. The van der Waals surface area contributed by atoms with Crippen molar-refractivity contribution in [2.75, 3.05) is 6.54 Å². The van der Waals surface area contributed by atoms with E-state index >= 15 is 0 Å². The SMILES string of the molecule is CCN(C(=O)c1ccccc1)N(C(=O)c1cccc(Cl)c1Cl)C(C)(C)C. The van der Waals surface area contributed by atoms with E-state index in [1.165, 1.54) is 10.0 Å². The Morgan fingerprint density at radius 2 is 1.54 bits per heavy atom. The van der Waals surface area contributed by atoms with Gasteiger partial charge >= 0.3 is 0 Å². The molecule has 2 rings (SSSR count). The average molecular weight is 393 g/mol. The Labute approximate surface area is 164 Å². The summed E-state index contributed by atoms with van der Waals surface area (Å²) in [6, 6.07) is 13.8. The Morgan fingerprint density at radius 1 is 0.923 bits per heavy atom. The fraction of sp³-hybridized carbons (Fsp3) is 0.300. The first kappa shape index (κ1) is 20.3. The summed E-state index contributed by atoms with van der Waals surface area (Å²) in [4.78, 5) is 26.3. The van der Waals surface area contributed by atoms with Gasteiger partial charge in [0.2, 0.25) is 0 Å². The van der Waals surface area contributed by atoms with E-state index in [1.54, 1.807) is 42.5 Å². The summed E-state index contributed by atoms with van der Waals surface area (Å²) in [5, 5.41) is 3.36. The lowest BCUT2D eigenvalue weighted by molar-refractivity contribution is -0.0410. The van der Waals surface area contributed by atoms with Crippen molar-refractivity contribution in [2.24, 2.45) is 0 Å². The van der Waals surface area contributed by atoms with Crippen molar-refractivity contribution < 1.29 is 9.59 Å². The second-order valence-corrected chi connectivity index (χ2v) is 7.56. The number of halogens is 2. The van der Waals surface area contributed by atoms with Crippen LogP contribution in [-0.4, -0.2) is 33.9 Å². The molecule has 4 nitrogen and oxygen atoms in total. The van der Waals surface area contributed by atoms with Gasteiger partial charge in [-0.05, 0) is 52.0 Å². The number of carbonyl (C=O) groups excluding carboxylic acids is 2. The molecule has 2 aromatic carbocycles. The fourth-order valence-electron chi connectivity index (χ4n) is 2.67. The second-order valence-electron chi connectivity index (χ2n) is 6.78. The Bertz CT molecular complexity index is 801. The second kappa shape index (κ2) is 8.11. The van der Waals surface area contributed by atoms with Crippen LogP contribution in [0.3, 0.4) is 0 Å². The predicted octanol–water partition coefficient (Wildman–Crippen LogP) is 5.31. The van der Waals surface area contributed by atoms with Crippen LogP contribution in [0.2, 0.25) is 10.0 Å². The number of benzene rings is 2. The van der Waals surface area contributed by atoms with Gasteiger partial charge in [-0.15, -0.1) is 0 Å². The minimum absolute atomic E-state index is 0.177. The lowest BCUT2D eigenvalue weighted by atomic mass is 10.1. The summed E-state index contributed by atoms with van der Waals surface area (Å²) in [5.41, 5.74) is 0.116. The molecule has 0 heterocycles. The van der Waals surface area contributed by atoms with E-state index in [9.17, 15) is 9.59 Å². The van der Waals surface area contributed by atoms with Crippen molar-refractivity contribution in [1.29, 1.82) is 0 Å². The average Bonchev–Trinajstić information content (AvgIpc) is 2.60. The van der Waals surface area contributed by atoms with Crippen molar-refractivity contribution in [3.8, 4) is 0 Å². The van der Waals surface area contributed by atoms with Crippen molar-refractivity contribution in [3.05, 3.63) is 69.7 Å². The summed E-state index contributed by atoms with van der Waals surface area (Å²) >= 11 is 12.3. The highest BCUT2D eigenvalue weighted by Gasteiger charge is 2.36. The van der Waals surface area contributed by atoms with E-state index in [-0.39, 0.29) is 22.4 Å². The molecule has 0 saturated heterocycles. The highest BCUT2D eigenvalue weighted by Crippen LogP contribution is 2.29. The highest BCUT2D eigenvalue weighted by atomic mass is 35.5. The molecule has 0 aliphatic heterocycles. The Kier molecular flexibility index (Phi) is 6.32. The van der Waals surface area contributed by atoms with Gasteiger partial charge in [-0.2, -0.15) is 0 Å². The third kappa shape index (κ3) is 4.19. The summed E-state index contributed by atoms with van der Waals surface area (Å²) < 4.78 is 0. The van der Waals surface area contributed by atoms with E-state index in [4.69, 9.17) is 23.2 Å². The lowest BCUT2D eigenvalue weighted by Crippen LogP contribution is -2.58. The molecule has 0 radical (unpaired) electrons. The van der Waals surface area contributed by atoms with Crippen LogP contribution in [0.5, 0.6) is 0 Å². The van der Waals surface area contributed by atoms with Gasteiger partial charge < -0.3 is 0 Å². The zero-order valence-electron chi connectivity index (χ0n) is 15.3. The smallest absolute Gasteiger partial charge is 0.267 e. The van der Waals surface area contributed by atoms with Gasteiger partial charge in [0.1, 0.15) is 0 Å². The molecule has 2 aromatic rings. The number of nitrogens with zero attached hydrogens (tertiary/aromatic N) is 2. The molecule has 0 spiro atoms. The normalized spacial score (nSPS) is 11.2. The van der Waals surface area contributed by atoms with E-state index in [0.29, 0.717) is 17.1 Å². The van der Waals surface area contributed by atoms with Crippen LogP contribution in [-0.2, 0) is 0 Å². The zero-order chi connectivity index (χ0) is 19.5. The van der Waals surface area contributed by atoms with Gasteiger partial charge in [0.15, 0.2) is 0 Å². The molecule has 26 heavy (non-hydrogen) atoms. The molecule has 138 valence electrons. The molecule has 0 aromatic heterocycles. The maximum Gasteiger partial charge on any atom is 0.274 e. The van der Waals surface area contributed by atoms with Gasteiger partial charge in [-0.25, -0.2) is 10.0 Å². The number of hydrogen-bond donors (Lipinski definition) is 0. The van der Waals surface area contributed by atoms with E-state index < -0.39 is 5.54 Å². The maximum absolute atomic E-state index is 13.3. The molecule has 0 saturated carbocycles. The molecule has 0 aliphatic carbocycles. The monoisotopic (exact) mass is 392 g/mol. The van der Waals surface area contributed by atoms with Crippen LogP contribution in [0.1, 0.15) is 48.4 Å². The first-order chi connectivity index (χ1) is 12.2. The molecule has 0 N–H and O–H groups in total. The van der Waals surface area contributed by atoms with Crippen LogP contribution < -0.4 is 0 Å². The summed E-state index contributed by atoms with van der Waals surface area (Å²) in [5.74, 6) is -0.634. The first-order valence-corrected chi connectivity index (χ1v) is 9.09. The largest absolute Gasteiger partial charge is 0.274 e. The van der Waals surface area contributed by atoms with Gasteiger partial charge in [-0.3, -0.25) is 9.59 Å². The number of carbonyl (C=O) groups is 2. The third-order valence-corrected chi connectivity index (χ3v) is 4.62. The standard InChI is InChI=1S/C20H22Cl2N2O2/c1-5-23(18(25)14-10-7-6-8-11-14)24(20(2,3)4)19(26)15-12-9-13-16(21)17(15)22/h6-13H,5H2,1-4H3. The van der Waals surface area contributed by atoms with Gasteiger partial charge in [-0.1, -0.05) is 47.5 Å². The molecule has 0 atom stereocenters. The van der Waals surface area contributed by atoms with E-state index in [2.05, 4.69) is 0 Å². The third-order valence-electron chi connectivity index (χ3n) is 3.81. The molecular weight excluding hydrogens is 371 g/mol. The molecule has 0 unspecified atom stereocenters. The van der Waals surface area contributed by atoms with E-state index in [0.717, 1.165) is 0 Å². The Balaban J connectivity index is 2.51. The van der Waals surface area contributed by atoms with Crippen LogP contribution in [0.15, 0.2) is 48.5 Å². The first-order valence-electron chi connectivity index (χ1n) is 8.34. The molecule has 0 bridgehead atoms. The molecule has 2 amide bonds.